The molecule has 1 aliphatic rings. The van der Waals surface area contributed by atoms with E-state index < -0.39 is 12.1 Å². The standard InChI is InChI=1S/C15H15F3N4/c16-15(17,18)11-5-6-12-13(7-11)21-22-14(20-12)10-3-1-9(8-19)2-4-10/h1-4,11H,5-8,19H2. The van der Waals surface area contributed by atoms with E-state index in [1.807, 2.05) is 24.3 Å². The van der Waals surface area contributed by atoms with Crippen LogP contribution in [-0.2, 0) is 19.4 Å². The number of benzene rings is 1. The summed E-state index contributed by atoms with van der Waals surface area (Å²) >= 11 is 0. The van der Waals surface area contributed by atoms with E-state index in [9.17, 15) is 13.2 Å². The minimum atomic E-state index is -4.18. The summed E-state index contributed by atoms with van der Waals surface area (Å²) in [7, 11) is 0. The van der Waals surface area contributed by atoms with Gasteiger partial charge in [-0.15, -0.1) is 5.10 Å². The summed E-state index contributed by atoms with van der Waals surface area (Å²) in [4.78, 5) is 4.38. The maximum absolute atomic E-state index is 12.8. The Labute approximate surface area is 125 Å². The van der Waals surface area contributed by atoms with Crippen LogP contribution in [0.15, 0.2) is 24.3 Å². The zero-order valence-corrected chi connectivity index (χ0v) is 11.8. The molecule has 116 valence electrons. The number of hydrogen-bond donors (Lipinski definition) is 1. The molecule has 0 bridgehead atoms. The fourth-order valence-electron chi connectivity index (χ4n) is 2.58. The Hall–Kier alpha value is -2.02. The molecule has 1 aliphatic carbocycles. The molecule has 4 nitrogen and oxygen atoms in total. The van der Waals surface area contributed by atoms with Crippen LogP contribution in [-0.4, -0.2) is 21.4 Å². The van der Waals surface area contributed by atoms with Crippen molar-refractivity contribution in [3.05, 3.63) is 41.2 Å². The fraction of sp³-hybridized carbons (Fsp3) is 0.400. The minimum Gasteiger partial charge on any atom is -0.326 e. The van der Waals surface area contributed by atoms with E-state index >= 15 is 0 Å². The minimum absolute atomic E-state index is 0.0563. The van der Waals surface area contributed by atoms with Gasteiger partial charge in [0.15, 0.2) is 5.82 Å². The molecule has 0 radical (unpaired) electrons. The van der Waals surface area contributed by atoms with E-state index in [1.54, 1.807) is 0 Å². The van der Waals surface area contributed by atoms with Gasteiger partial charge in [0.25, 0.3) is 0 Å². The van der Waals surface area contributed by atoms with Gasteiger partial charge in [0.2, 0.25) is 0 Å². The van der Waals surface area contributed by atoms with Gasteiger partial charge in [-0.1, -0.05) is 24.3 Å². The molecule has 1 aromatic carbocycles. The van der Waals surface area contributed by atoms with Gasteiger partial charge in [0.05, 0.1) is 17.3 Å². The molecule has 0 saturated heterocycles. The molecule has 1 atom stereocenters. The van der Waals surface area contributed by atoms with Crippen molar-refractivity contribution < 1.29 is 13.2 Å². The lowest BCUT2D eigenvalue weighted by atomic mass is 9.89. The first-order valence-corrected chi connectivity index (χ1v) is 7.06. The molecule has 3 rings (SSSR count). The second-order valence-corrected chi connectivity index (χ2v) is 5.41. The lowest BCUT2D eigenvalue weighted by molar-refractivity contribution is -0.177. The normalized spacial score (nSPS) is 18.1. The lowest BCUT2D eigenvalue weighted by Gasteiger charge is -2.24. The number of nitrogens with zero attached hydrogens (tertiary/aromatic N) is 3. The molecular weight excluding hydrogens is 293 g/mol. The van der Waals surface area contributed by atoms with Gasteiger partial charge >= 0.3 is 6.18 Å². The third kappa shape index (κ3) is 2.94. The highest BCUT2D eigenvalue weighted by molar-refractivity contribution is 5.55. The summed E-state index contributed by atoms with van der Waals surface area (Å²) in [5.41, 5.74) is 8.29. The summed E-state index contributed by atoms with van der Waals surface area (Å²) in [6.07, 6.45) is -3.98. The highest BCUT2D eigenvalue weighted by Crippen LogP contribution is 2.36. The van der Waals surface area contributed by atoms with E-state index in [0.717, 1.165) is 11.1 Å². The Balaban J connectivity index is 1.86. The zero-order chi connectivity index (χ0) is 15.7. The van der Waals surface area contributed by atoms with Crippen molar-refractivity contribution in [3.8, 4) is 11.4 Å². The summed E-state index contributed by atoms with van der Waals surface area (Å²) < 4.78 is 38.3. The van der Waals surface area contributed by atoms with Crippen LogP contribution in [0, 0.1) is 5.92 Å². The first-order chi connectivity index (χ1) is 10.5. The Morgan fingerprint density at radius 2 is 1.82 bits per heavy atom. The van der Waals surface area contributed by atoms with E-state index in [2.05, 4.69) is 15.2 Å². The van der Waals surface area contributed by atoms with Crippen LogP contribution in [0.25, 0.3) is 11.4 Å². The second-order valence-electron chi connectivity index (χ2n) is 5.41. The molecule has 2 N–H and O–H groups in total. The van der Waals surface area contributed by atoms with E-state index in [1.165, 1.54) is 0 Å². The molecule has 2 aromatic rings. The number of alkyl halides is 3. The average Bonchev–Trinajstić information content (AvgIpc) is 2.53. The molecule has 1 unspecified atom stereocenters. The molecule has 0 aliphatic heterocycles. The Morgan fingerprint density at radius 1 is 1.09 bits per heavy atom. The third-order valence-corrected chi connectivity index (χ3v) is 3.92. The van der Waals surface area contributed by atoms with Crippen LogP contribution in [0.4, 0.5) is 13.2 Å². The van der Waals surface area contributed by atoms with Gasteiger partial charge in [-0.3, -0.25) is 0 Å². The van der Waals surface area contributed by atoms with Gasteiger partial charge in [0.1, 0.15) is 0 Å². The fourth-order valence-corrected chi connectivity index (χ4v) is 2.58. The first-order valence-electron chi connectivity index (χ1n) is 7.06. The largest absolute Gasteiger partial charge is 0.392 e. The molecule has 1 heterocycles. The Morgan fingerprint density at radius 3 is 2.45 bits per heavy atom. The van der Waals surface area contributed by atoms with E-state index in [-0.39, 0.29) is 19.3 Å². The second kappa shape index (κ2) is 5.64. The Bertz CT molecular complexity index is 667. The smallest absolute Gasteiger partial charge is 0.326 e. The van der Waals surface area contributed by atoms with Crippen molar-refractivity contribution in [2.24, 2.45) is 11.7 Å². The molecule has 1 aromatic heterocycles. The van der Waals surface area contributed by atoms with E-state index in [0.29, 0.717) is 23.8 Å². The van der Waals surface area contributed by atoms with Crippen molar-refractivity contribution >= 4 is 0 Å². The van der Waals surface area contributed by atoms with Crippen LogP contribution in [0.1, 0.15) is 23.4 Å². The maximum atomic E-state index is 12.8. The summed E-state index contributed by atoms with van der Waals surface area (Å²) in [6, 6.07) is 7.43. The topological polar surface area (TPSA) is 64.7 Å². The number of aryl methyl sites for hydroxylation is 1. The third-order valence-electron chi connectivity index (χ3n) is 3.92. The predicted octanol–water partition coefficient (Wildman–Crippen LogP) is 2.66. The van der Waals surface area contributed by atoms with Crippen LogP contribution >= 0.6 is 0 Å². The molecule has 0 amide bonds. The van der Waals surface area contributed by atoms with Crippen LogP contribution < -0.4 is 5.73 Å². The first kappa shape index (κ1) is 14.9. The summed E-state index contributed by atoms with van der Waals surface area (Å²) in [6.45, 7) is 0.447. The molecule has 0 saturated carbocycles. The van der Waals surface area contributed by atoms with Gasteiger partial charge in [-0.05, 0) is 18.4 Å². The monoisotopic (exact) mass is 308 g/mol. The van der Waals surface area contributed by atoms with Gasteiger partial charge in [-0.25, -0.2) is 4.98 Å². The maximum Gasteiger partial charge on any atom is 0.392 e. The van der Waals surface area contributed by atoms with Crippen molar-refractivity contribution in [1.29, 1.82) is 0 Å². The number of halogens is 3. The van der Waals surface area contributed by atoms with E-state index in [4.69, 9.17) is 5.73 Å². The quantitative estimate of drug-likeness (QED) is 0.926. The molecule has 7 heteroatoms. The number of fused-ring (bicyclic) bond motifs is 1. The molecule has 0 spiro atoms. The molecule has 0 fully saturated rings. The number of hydrogen-bond acceptors (Lipinski definition) is 4. The van der Waals surface area contributed by atoms with Crippen LogP contribution in [0.5, 0.6) is 0 Å². The number of nitrogens with two attached hydrogens (primary N) is 1. The Kier molecular flexibility index (Phi) is 3.82. The zero-order valence-electron chi connectivity index (χ0n) is 11.8. The summed E-state index contributed by atoms with van der Waals surface area (Å²) in [5.74, 6) is -0.904. The average molecular weight is 308 g/mol. The van der Waals surface area contributed by atoms with Crippen LogP contribution in [0.2, 0.25) is 0 Å². The highest BCUT2D eigenvalue weighted by Gasteiger charge is 2.42. The predicted molar refractivity (Wildman–Crippen MR) is 74.7 cm³/mol. The van der Waals surface area contributed by atoms with Gasteiger partial charge in [0, 0.05) is 18.5 Å². The van der Waals surface area contributed by atoms with Crippen LogP contribution in [0.3, 0.4) is 0 Å². The van der Waals surface area contributed by atoms with Crippen molar-refractivity contribution in [2.45, 2.75) is 32.0 Å². The highest BCUT2D eigenvalue weighted by atomic mass is 19.4. The SMILES string of the molecule is NCc1ccc(-c2nnc3c(n2)CCC(C(F)(F)F)C3)cc1. The van der Waals surface area contributed by atoms with Crippen molar-refractivity contribution in [1.82, 2.24) is 15.2 Å². The van der Waals surface area contributed by atoms with Crippen molar-refractivity contribution in [2.75, 3.05) is 0 Å². The van der Waals surface area contributed by atoms with Crippen molar-refractivity contribution in [3.63, 3.8) is 0 Å². The van der Waals surface area contributed by atoms with Gasteiger partial charge < -0.3 is 5.73 Å². The van der Waals surface area contributed by atoms with Gasteiger partial charge in [-0.2, -0.15) is 18.3 Å². The number of rotatable bonds is 2. The number of aromatic nitrogens is 3. The molecular formula is C15H15F3N4. The molecule has 22 heavy (non-hydrogen) atoms. The summed E-state index contributed by atoms with van der Waals surface area (Å²) in [5, 5.41) is 7.94. The lowest BCUT2D eigenvalue weighted by Crippen LogP contribution is -2.30.